The number of thiazole rings is 1. The normalized spacial score (nSPS) is 11.5. The number of halogens is 1. The van der Waals surface area contributed by atoms with E-state index in [0.717, 1.165) is 11.3 Å². The Hall–Kier alpha value is -1.45. The van der Waals surface area contributed by atoms with Gasteiger partial charge in [0.25, 0.3) is 15.0 Å². The molecule has 19 heavy (non-hydrogen) atoms. The molecule has 2 rings (SSSR count). The fourth-order valence-electron chi connectivity index (χ4n) is 1.41. The molecule has 0 bridgehead atoms. The molecule has 2 aromatic heterocycles. The summed E-state index contributed by atoms with van der Waals surface area (Å²) in [4.78, 5) is 15.8. The van der Waals surface area contributed by atoms with Gasteiger partial charge < -0.3 is 0 Å². The number of aryl methyl sites for hydroxylation is 2. The fraction of sp³-hybridized carbons (Fsp3) is 0.222. The molecule has 1 amide bonds. The summed E-state index contributed by atoms with van der Waals surface area (Å²) < 4.78 is 22.4. The number of nitrogens with one attached hydrogen (secondary N) is 2. The quantitative estimate of drug-likeness (QED) is 0.837. The molecule has 7 nitrogen and oxygen atoms in total. The summed E-state index contributed by atoms with van der Waals surface area (Å²) in [6.45, 7) is 3.20. The third kappa shape index (κ3) is 2.94. The minimum atomic E-state index is -3.85. The average Bonchev–Trinajstić information content (AvgIpc) is 2.83. The molecule has 10 heteroatoms. The summed E-state index contributed by atoms with van der Waals surface area (Å²) in [5.74, 6) is -0.418. The van der Waals surface area contributed by atoms with E-state index in [-0.39, 0.29) is 15.0 Å². The van der Waals surface area contributed by atoms with Crippen LogP contribution in [0.2, 0.25) is 0 Å². The predicted molar refractivity (Wildman–Crippen MR) is 71.2 cm³/mol. The van der Waals surface area contributed by atoms with E-state index in [1.165, 1.54) is 13.1 Å². The minimum absolute atomic E-state index is 0.0756. The Morgan fingerprint density at radius 1 is 1.47 bits per heavy atom. The van der Waals surface area contributed by atoms with Crippen molar-refractivity contribution in [3.8, 4) is 0 Å². The standard InChI is InChI=1S/C9H9ClN4O3S2/c1-4-6(3-11-14-4)7(15)13-9-12-5(2)8(18-9)19(10,16)17/h3H,1-2H3,(H,11,14)(H,12,13,15). The van der Waals surface area contributed by atoms with Crippen molar-refractivity contribution in [3.05, 3.63) is 23.1 Å². The zero-order valence-electron chi connectivity index (χ0n) is 9.89. The lowest BCUT2D eigenvalue weighted by atomic mass is 10.2. The molecule has 2 aromatic rings. The smallest absolute Gasteiger partial charge is 0.272 e. The summed E-state index contributed by atoms with van der Waals surface area (Å²) in [6.07, 6.45) is 1.38. The fourth-order valence-corrected chi connectivity index (χ4v) is 3.75. The minimum Gasteiger partial charge on any atom is -0.298 e. The number of H-pyrrole nitrogens is 1. The first-order chi connectivity index (χ1) is 8.79. The van der Waals surface area contributed by atoms with Crippen molar-refractivity contribution in [2.45, 2.75) is 18.1 Å². The van der Waals surface area contributed by atoms with Gasteiger partial charge in [0, 0.05) is 16.4 Å². The van der Waals surface area contributed by atoms with Gasteiger partial charge in [0.1, 0.15) is 0 Å². The van der Waals surface area contributed by atoms with E-state index in [4.69, 9.17) is 10.7 Å². The molecule has 0 atom stereocenters. The van der Waals surface area contributed by atoms with Gasteiger partial charge in [0.2, 0.25) is 0 Å². The van der Waals surface area contributed by atoms with Gasteiger partial charge in [0.15, 0.2) is 9.34 Å². The van der Waals surface area contributed by atoms with Crippen molar-refractivity contribution >= 4 is 42.1 Å². The molecule has 0 aliphatic rings. The van der Waals surface area contributed by atoms with E-state index in [0.29, 0.717) is 11.3 Å². The first-order valence-corrected chi connectivity index (χ1v) is 8.15. The average molecular weight is 321 g/mol. The maximum atomic E-state index is 11.9. The van der Waals surface area contributed by atoms with E-state index in [9.17, 15) is 13.2 Å². The number of aromatic amines is 1. The summed E-state index contributed by atoms with van der Waals surface area (Å²) in [6, 6.07) is 0. The highest BCUT2D eigenvalue weighted by Crippen LogP contribution is 2.29. The van der Waals surface area contributed by atoms with Crippen LogP contribution in [0.25, 0.3) is 0 Å². The van der Waals surface area contributed by atoms with E-state index < -0.39 is 15.0 Å². The Labute approximate surface area is 117 Å². The third-order valence-corrected chi connectivity index (χ3v) is 5.52. The van der Waals surface area contributed by atoms with Crippen molar-refractivity contribution < 1.29 is 13.2 Å². The van der Waals surface area contributed by atoms with Gasteiger partial charge in [-0.25, -0.2) is 13.4 Å². The van der Waals surface area contributed by atoms with Crippen LogP contribution >= 0.6 is 22.0 Å². The molecule has 0 saturated heterocycles. The Morgan fingerprint density at radius 2 is 2.16 bits per heavy atom. The number of amides is 1. The van der Waals surface area contributed by atoms with Crippen LogP contribution in [-0.2, 0) is 9.05 Å². The number of hydrogen-bond acceptors (Lipinski definition) is 6. The second-order valence-electron chi connectivity index (χ2n) is 3.69. The molecule has 2 heterocycles. The van der Waals surface area contributed by atoms with Crippen LogP contribution in [-0.4, -0.2) is 29.5 Å². The van der Waals surface area contributed by atoms with Gasteiger partial charge in [-0.05, 0) is 13.8 Å². The van der Waals surface area contributed by atoms with Crippen LogP contribution in [0.5, 0.6) is 0 Å². The number of hydrogen-bond donors (Lipinski definition) is 2. The number of carbonyl (C=O) groups is 1. The highest BCUT2D eigenvalue weighted by Gasteiger charge is 2.21. The molecule has 0 radical (unpaired) electrons. The second kappa shape index (κ2) is 4.91. The van der Waals surface area contributed by atoms with Crippen molar-refractivity contribution in [1.29, 1.82) is 0 Å². The molecule has 2 N–H and O–H groups in total. The maximum absolute atomic E-state index is 11.9. The molecule has 102 valence electrons. The zero-order valence-corrected chi connectivity index (χ0v) is 12.3. The second-order valence-corrected chi connectivity index (χ2v) is 7.45. The molecule has 0 spiro atoms. The first kappa shape index (κ1) is 14.0. The lowest BCUT2D eigenvalue weighted by Gasteiger charge is -1.98. The predicted octanol–water partition coefficient (Wildman–Crippen LogP) is 1.66. The number of carbonyl (C=O) groups excluding carboxylic acids is 1. The highest BCUT2D eigenvalue weighted by molar-refractivity contribution is 8.15. The highest BCUT2D eigenvalue weighted by atomic mass is 35.7. The maximum Gasteiger partial charge on any atom is 0.272 e. The van der Waals surface area contributed by atoms with Gasteiger partial charge >= 0.3 is 0 Å². The van der Waals surface area contributed by atoms with E-state index in [1.54, 1.807) is 6.92 Å². The van der Waals surface area contributed by atoms with Crippen molar-refractivity contribution in [2.75, 3.05) is 5.32 Å². The number of rotatable bonds is 3. The molecule has 0 fully saturated rings. The van der Waals surface area contributed by atoms with Crippen molar-refractivity contribution in [3.63, 3.8) is 0 Å². The SMILES string of the molecule is Cc1nc(NC(=O)c2cn[nH]c2C)sc1S(=O)(=O)Cl. The molecule has 0 saturated carbocycles. The number of aromatic nitrogens is 3. The van der Waals surface area contributed by atoms with E-state index in [2.05, 4.69) is 20.5 Å². The van der Waals surface area contributed by atoms with Crippen molar-refractivity contribution in [2.24, 2.45) is 0 Å². The first-order valence-electron chi connectivity index (χ1n) is 5.02. The number of anilines is 1. The third-order valence-electron chi connectivity index (χ3n) is 2.27. The molecule has 0 aromatic carbocycles. The Bertz CT molecular complexity index is 734. The van der Waals surface area contributed by atoms with Crippen molar-refractivity contribution in [1.82, 2.24) is 15.2 Å². The van der Waals surface area contributed by atoms with Gasteiger partial charge in [-0.3, -0.25) is 15.2 Å². The van der Waals surface area contributed by atoms with Crippen LogP contribution in [0.3, 0.4) is 0 Å². The molecule has 0 aliphatic heterocycles. The number of nitrogens with zero attached hydrogens (tertiary/aromatic N) is 2. The molecular formula is C9H9ClN4O3S2. The lowest BCUT2D eigenvalue weighted by Crippen LogP contribution is -2.12. The van der Waals surface area contributed by atoms with Gasteiger partial charge in [-0.15, -0.1) is 0 Å². The zero-order chi connectivity index (χ0) is 14.2. The van der Waals surface area contributed by atoms with Gasteiger partial charge in [-0.2, -0.15) is 5.10 Å². The molecular weight excluding hydrogens is 312 g/mol. The van der Waals surface area contributed by atoms with Crippen LogP contribution in [0.15, 0.2) is 10.4 Å². The molecule has 0 aliphatic carbocycles. The lowest BCUT2D eigenvalue weighted by molar-refractivity contribution is 0.102. The van der Waals surface area contributed by atoms with Gasteiger partial charge in [-0.1, -0.05) is 11.3 Å². The summed E-state index contributed by atoms with van der Waals surface area (Å²) in [5.41, 5.74) is 1.22. The monoisotopic (exact) mass is 320 g/mol. The van der Waals surface area contributed by atoms with E-state index in [1.807, 2.05) is 0 Å². The summed E-state index contributed by atoms with van der Waals surface area (Å²) in [5, 5.41) is 9.03. The van der Waals surface area contributed by atoms with Crippen LogP contribution < -0.4 is 5.32 Å². The van der Waals surface area contributed by atoms with E-state index >= 15 is 0 Å². The molecule has 0 unspecified atom stereocenters. The van der Waals surface area contributed by atoms with Crippen LogP contribution in [0.1, 0.15) is 21.7 Å². The topological polar surface area (TPSA) is 105 Å². The van der Waals surface area contributed by atoms with Crippen LogP contribution in [0, 0.1) is 13.8 Å². The Balaban J connectivity index is 2.26. The van der Waals surface area contributed by atoms with Gasteiger partial charge in [0.05, 0.1) is 17.5 Å². The Morgan fingerprint density at radius 3 is 2.63 bits per heavy atom. The summed E-state index contributed by atoms with van der Waals surface area (Å²) >= 11 is 0.804. The van der Waals surface area contributed by atoms with Crippen LogP contribution in [0.4, 0.5) is 5.13 Å². The Kier molecular flexibility index (Phi) is 3.61. The largest absolute Gasteiger partial charge is 0.298 e. The summed E-state index contributed by atoms with van der Waals surface area (Å²) in [7, 11) is 1.40.